The van der Waals surface area contributed by atoms with Crippen LogP contribution in [0, 0.1) is 0 Å². The van der Waals surface area contributed by atoms with Crippen molar-refractivity contribution in [2.45, 2.75) is 15.2 Å². The molecule has 0 radical (unpaired) electrons. The number of nitrogens with zero attached hydrogens (tertiary/aromatic N) is 1. The highest BCUT2D eigenvalue weighted by molar-refractivity contribution is 7.99. The van der Waals surface area contributed by atoms with Crippen molar-refractivity contribution in [1.82, 2.24) is 0 Å². The van der Waals surface area contributed by atoms with Gasteiger partial charge in [0.05, 0.1) is 11.1 Å². The Morgan fingerprint density at radius 2 is 0.800 bits per heavy atom. The van der Waals surface area contributed by atoms with E-state index in [1.165, 1.54) is 81.9 Å². The van der Waals surface area contributed by atoms with Gasteiger partial charge < -0.3 is 4.90 Å². The van der Waals surface area contributed by atoms with Gasteiger partial charge in [-0.25, -0.2) is 0 Å². The molecule has 2 aliphatic rings. The van der Waals surface area contributed by atoms with Gasteiger partial charge in [0.25, 0.3) is 0 Å². The van der Waals surface area contributed by atoms with Gasteiger partial charge in [0.2, 0.25) is 0 Å². The Balaban J connectivity index is 1.21. The maximum atomic E-state index is 2.47. The molecule has 11 rings (SSSR count). The Morgan fingerprint density at radius 1 is 0.327 bits per heavy atom. The first-order valence-electron chi connectivity index (χ1n) is 18.9. The molecule has 0 bridgehead atoms. The van der Waals surface area contributed by atoms with Crippen molar-refractivity contribution >= 4 is 39.6 Å². The van der Waals surface area contributed by atoms with Gasteiger partial charge >= 0.3 is 0 Å². The summed E-state index contributed by atoms with van der Waals surface area (Å²) in [5.74, 6) is 0. The standard InChI is InChI=1S/C53H35NS/c1-3-14-36(15-4-1)38-26-31-41(32-27-38)54(42-33-28-39(29-34-42)37-16-5-2-6-17-37)48-23-13-22-46-52(48)51-43-19-8-7-18-40(43)30-35-47(51)53(46)44-20-9-11-24-49(44)55-50-25-12-10-21-45(50)53/h1-35H. The Morgan fingerprint density at radius 3 is 1.40 bits per heavy atom. The molecule has 0 fully saturated rings. The van der Waals surface area contributed by atoms with Crippen LogP contribution in [0.15, 0.2) is 222 Å². The minimum atomic E-state index is -0.483. The molecule has 0 saturated carbocycles. The summed E-state index contributed by atoms with van der Waals surface area (Å²) in [5.41, 5.74) is 15.7. The van der Waals surface area contributed by atoms with Gasteiger partial charge in [0.1, 0.15) is 0 Å². The second kappa shape index (κ2) is 12.8. The largest absolute Gasteiger partial charge is 0.310 e. The Hall–Kier alpha value is -6.61. The Labute approximate surface area is 326 Å². The number of benzene rings is 9. The first-order chi connectivity index (χ1) is 27.3. The molecule has 55 heavy (non-hydrogen) atoms. The summed E-state index contributed by atoms with van der Waals surface area (Å²) in [6, 6.07) is 78.2. The van der Waals surface area contributed by atoms with Crippen molar-refractivity contribution in [1.29, 1.82) is 0 Å². The van der Waals surface area contributed by atoms with Crippen LogP contribution in [0.3, 0.4) is 0 Å². The predicted octanol–water partition coefficient (Wildman–Crippen LogP) is 14.5. The van der Waals surface area contributed by atoms with Gasteiger partial charge in [0, 0.05) is 26.7 Å². The summed E-state index contributed by atoms with van der Waals surface area (Å²) in [5, 5.41) is 2.52. The fourth-order valence-electron chi connectivity index (χ4n) is 9.17. The van der Waals surface area contributed by atoms with Gasteiger partial charge in [-0.2, -0.15) is 0 Å². The third kappa shape index (κ3) is 4.88. The summed E-state index contributed by atoms with van der Waals surface area (Å²) in [6.45, 7) is 0. The lowest BCUT2D eigenvalue weighted by atomic mass is 9.67. The molecule has 1 aliphatic carbocycles. The van der Waals surface area contributed by atoms with Gasteiger partial charge in [-0.3, -0.25) is 0 Å². The van der Waals surface area contributed by atoms with E-state index in [9.17, 15) is 0 Å². The highest BCUT2D eigenvalue weighted by Crippen LogP contribution is 2.65. The number of hydrogen-bond acceptors (Lipinski definition) is 2. The van der Waals surface area contributed by atoms with Crippen molar-refractivity contribution in [3.8, 4) is 33.4 Å². The van der Waals surface area contributed by atoms with E-state index < -0.39 is 5.41 Å². The van der Waals surface area contributed by atoms with Crippen LogP contribution in [0.5, 0.6) is 0 Å². The zero-order valence-corrected chi connectivity index (χ0v) is 30.9. The summed E-state index contributed by atoms with van der Waals surface area (Å²) < 4.78 is 0. The summed E-state index contributed by atoms with van der Waals surface area (Å²) >= 11 is 1.89. The van der Waals surface area contributed by atoms with Crippen LogP contribution in [0.4, 0.5) is 17.1 Å². The van der Waals surface area contributed by atoms with Crippen molar-refractivity contribution in [2.24, 2.45) is 0 Å². The molecule has 0 amide bonds. The molecule has 1 spiro atoms. The van der Waals surface area contributed by atoms with E-state index in [1.54, 1.807) is 0 Å². The first-order valence-corrected chi connectivity index (χ1v) is 19.7. The van der Waals surface area contributed by atoms with Crippen LogP contribution >= 0.6 is 11.8 Å². The fourth-order valence-corrected chi connectivity index (χ4v) is 10.4. The number of fused-ring (bicyclic) bond motifs is 11. The summed E-state index contributed by atoms with van der Waals surface area (Å²) in [6.07, 6.45) is 0. The van der Waals surface area contributed by atoms with Gasteiger partial charge in [0.15, 0.2) is 0 Å². The first kappa shape index (κ1) is 31.9. The van der Waals surface area contributed by atoms with Crippen LogP contribution in [-0.2, 0) is 5.41 Å². The molecule has 9 aromatic carbocycles. The lowest BCUT2D eigenvalue weighted by molar-refractivity contribution is 0.723. The number of rotatable bonds is 5. The van der Waals surface area contributed by atoms with E-state index in [0.29, 0.717) is 0 Å². The molecule has 0 aromatic heterocycles. The SMILES string of the molecule is c1ccc(-c2ccc(N(c3ccc(-c4ccccc4)cc3)c3cccc4c3-c3c(ccc5ccccc35)C43c4ccccc4Sc4ccccc43)cc2)cc1. The summed E-state index contributed by atoms with van der Waals surface area (Å²) in [7, 11) is 0. The smallest absolute Gasteiger partial charge is 0.0736 e. The quantitative estimate of drug-likeness (QED) is 0.174. The highest BCUT2D eigenvalue weighted by Gasteiger charge is 2.51. The van der Waals surface area contributed by atoms with Crippen LogP contribution in [-0.4, -0.2) is 0 Å². The second-order valence-corrected chi connectivity index (χ2v) is 15.5. The highest BCUT2D eigenvalue weighted by atomic mass is 32.2. The molecule has 0 atom stereocenters. The molecule has 2 heteroatoms. The van der Waals surface area contributed by atoms with Crippen LogP contribution in [0.2, 0.25) is 0 Å². The van der Waals surface area contributed by atoms with Crippen LogP contribution in [0.25, 0.3) is 44.2 Å². The molecule has 0 saturated heterocycles. The normalized spacial score (nSPS) is 13.2. The maximum Gasteiger partial charge on any atom is 0.0736 e. The van der Waals surface area contributed by atoms with E-state index in [2.05, 4.69) is 217 Å². The van der Waals surface area contributed by atoms with Crippen molar-refractivity contribution < 1.29 is 0 Å². The molecular weight excluding hydrogens is 683 g/mol. The lowest BCUT2D eigenvalue weighted by Gasteiger charge is -2.39. The van der Waals surface area contributed by atoms with E-state index in [0.717, 1.165) is 11.4 Å². The fraction of sp³-hybridized carbons (Fsp3) is 0.0189. The monoisotopic (exact) mass is 717 g/mol. The van der Waals surface area contributed by atoms with Crippen molar-refractivity contribution in [3.63, 3.8) is 0 Å². The van der Waals surface area contributed by atoms with Gasteiger partial charge in [-0.15, -0.1) is 0 Å². The third-order valence-electron chi connectivity index (χ3n) is 11.5. The molecule has 9 aromatic rings. The molecule has 0 unspecified atom stereocenters. The van der Waals surface area contributed by atoms with Crippen LogP contribution < -0.4 is 4.90 Å². The van der Waals surface area contributed by atoms with Gasteiger partial charge in [-0.1, -0.05) is 182 Å². The maximum absolute atomic E-state index is 2.47. The van der Waals surface area contributed by atoms with Crippen molar-refractivity contribution in [2.75, 3.05) is 4.90 Å². The average Bonchev–Trinajstić information content (AvgIpc) is 3.56. The van der Waals surface area contributed by atoms with E-state index in [4.69, 9.17) is 0 Å². The Kier molecular flexibility index (Phi) is 7.40. The number of hydrogen-bond donors (Lipinski definition) is 0. The lowest BCUT2D eigenvalue weighted by Crippen LogP contribution is -2.32. The Bertz CT molecular complexity index is 2750. The second-order valence-electron chi connectivity index (χ2n) is 14.4. The van der Waals surface area contributed by atoms with E-state index >= 15 is 0 Å². The van der Waals surface area contributed by atoms with E-state index in [1.807, 2.05) is 11.8 Å². The number of anilines is 3. The molecule has 258 valence electrons. The molecule has 0 N–H and O–H groups in total. The third-order valence-corrected chi connectivity index (χ3v) is 12.7. The predicted molar refractivity (Wildman–Crippen MR) is 231 cm³/mol. The topological polar surface area (TPSA) is 3.24 Å². The zero-order valence-electron chi connectivity index (χ0n) is 30.1. The molecular formula is C53H35NS. The minimum Gasteiger partial charge on any atom is -0.310 e. The average molecular weight is 718 g/mol. The summed E-state index contributed by atoms with van der Waals surface area (Å²) in [4.78, 5) is 5.09. The van der Waals surface area contributed by atoms with Gasteiger partial charge in [-0.05, 0) is 103 Å². The molecule has 1 aliphatic heterocycles. The molecule has 1 heterocycles. The van der Waals surface area contributed by atoms with Crippen LogP contribution in [0.1, 0.15) is 22.3 Å². The molecule has 1 nitrogen and oxygen atoms in total. The minimum absolute atomic E-state index is 0.483. The van der Waals surface area contributed by atoms with Crippen molar-refractivity contribution in [3.05, 3.63) is 235 Å². The van der Waals surface area contributed by atoms with E-state index in [-0.39, 0.29) is 0 Å². The zero-order chi connectivity index (χ0) is 36.3.